The number of carboxylic acids is 1. The number of aromatic carboxylic acids is 1. The molecule has 2 rings (SSSR count). The average Bonchev–Trinajstić information content (AvgIpc) is 2.46. The second-order valence-corrected chi connectivity index (χ2v) is 5.25. The van der Waals surface area contributed by atoms with E-state index in [1.165, 1.54) is 6.07 Å². The van der Waals surface area contributed by atoms with Gasteiger partial charge in [0.25, 0.3) is 0 Å². The molecule has 0 aromatic heterocycles. The van der Waals surface area contributed by atoms with Crippen molar-refractivity contribution in [1.29, 1.82) is 0 Å². The fourth-order valence-electron chi connectivity index (χ4n) is 2.62. The minimum absolute atomic E-state index is 0.0435. The molecule has 1 aromatic rings. The Morgan fingerprint density at radius 2 is 2.00 bits per heavy atom. The van der Waals surface area contributed by atoms with Crippen LogP contribution in [0.4, 0.5) is 10.1 Å². The Morgan fingerprint density at radius 1 is 1.35 bits per heavy atom. The fraction of sp³-hybridized carbons (Fsp3) is 0.533. The van der Waals surface area contributed by atoms with E-state index in [9.17, 15) is 14.3 Å². The summed E-state index contributed by atoms with van der Waals surface area (Å²) in [5, 5.41) is 9.20. The van der Waals surface area contributed by atoms with E-state index in [0.29, 0.717) is 11.7 Å². The molecule has 0 saturated carbocycles. The van der Waals surface area contributed by atoms with Gasteiger partial charge in [0.05, 0.1) is 11.3 Å². The highest BCUT2D eigenvalue weighted by molar-refractivity contribution is 5.94. The monoisotopic (exact) mass is 280 g/mol. The summed E-state index contributed by atoms with van der Waals surface area (Å²) in [6.45, 7) is 7.74. The van der Waals surface area contributed by atoms with Crippen molar-refractivity contribution in [1.82, 2.24) is 4.90 Å². The van der Waals surface area contributed by atoms with Gasteiger partial charge in [0.15, 0.2) is 0 Å². The highest BCUT2D eigenvalue weighted by atomic mass is 19.1. The lowest BCUT2D eigenvalue weighted by atomic mass is 10.1. The summed E-state index contributed by atoms with van der Waals surface area (Å²) in [6.07, 6.45) is 1.11. The third-order valence-corrected chi connectivity index (χ3v) is 4.06. The molecule has 5 heteroatoms. The Balaban J connectivity index is 2.13. The first-order valence-corrected chi connectivity index (χ1v) is 7.04. The maximum Gasteiger partial charge on any atom is 0.337 e. The number of rotatable bonds is 4. The SMILES string of the molecule is CCC(C)N1CCN(c2ccc(F)cc2C(=O)O)CC1. The molecule has 4 nitrogen and oxygen atoms in total. The van der Waals surface area contributed by atoms with Crippen LogP contribution >= 0.6 is 0 Å². The van der Waals surface area contributed by atoms with Crippen LogP contribution in [0.1, 0.15) is 30.6 Å². The number of halogens is 1. The average molecular weight is 280 g/mol. The van der Waals surface area contributed by atoms with Crippen molar-refractivity contribution in [2.75, 3.05) is 31.1 Å². The highest BCUT2D eigenvalue weighted by Gasteiger charge is 2.23. The highest BCUT2D eigenvalue weighted by Crippen LogP contribution is 2.23. The van der Waals surface area contributed by atoms with E-state index < -0.39 is 11.8 Å². The molecule has 0 amide bonds. The van der Waals surface area contributed by atoms with Gasteiger partial charge in [0.2, 0.25) is 0 Å². The van der Waals surface area contributed by atoms with Crippen LogP contribution in [0.25, 0.3) is 0 Å². The van der Waals surface area contributed by atoms with E-state index in [1.54, 1.807) is 6.07 Å². The smallest absolute Gasteiger partial charge is 0.337 e. The molecule has 1 fully saturated rings. The van der Waals surface area contributed by atoms with Gasteiger partial charge in [0, 0.05) is 32.2 Å². The summed E-state index contributed by atoms with van der Waals surface area (Å²) in [7, 11) is 0. The molecule has 20 heavy (non-hydrogen) atoms. The molecule has 1 heterocycles. The van der Waals surface area contributed by atoms with Gasteiger partial charge in [-0.3, -0.25) is 4.90 Å². The number of hydrogen-bond donors (Lipinski definition) is 1. The fourth-order valence-corrected chi connectivity index (χ4v) is 2.62. The zero-order valence-corrected chi connectivity index (χ0v) is 12.0. The number of benzene rings is 1. The van der Waals surface area contributed by atoms with Crippen molar-refractivity contribution in [2.45, 2.75) is 26.3 Å². The van der Waals surface area contributed by atoms with E-state index >= 15 is 0 Å². The lowest BCUT2D eigenvalue weighted by molar-refractivity contribution is 0.0696. The first kappa shape index (κ1) is 14.8. The second kappa shape index (κ2) is 6.22. The van der Waals surface area contributed by atoms with Crippen LogP contribution in [0, 0.1) is 5.82 Å². The van der Waals surface area contributed by atoms with Gasteiger partial charge >= 0.3 is 5.97 Å². The van der Waals surface area contributed by atoms with Gasteiger partial charge in [-0.15, -0.1) is 0 Å². The molecule has 1 aliphatic rings. The van der Waals surface area contributed by atoms with Crippen LogP contribution < -0.4 is 4.90 Å². The molecule has 1 N–H and O–H groups in total. The van der Waals surface area contributed by atoms with Gasteiger partial charge in [-0.1, -0.05) is 6.92 Å². The number of hydrogen-bond acceptors (Lipinski definition) is 3. The molecule has 1 saturated heterocycles. The summed E-state index contributed by atoms with van der Waals surface area (Å²) >= 11 is 0. The first-order chi connectivity index (χ1) is 9.52. The van der Waals surface area contributed by atoms with Crippen LogP contribution in [-0.4, -0.2) is 48.2 Å². The van der Waals surface area contributed by atoms with E-state index in [-0.39, 0.29) is 5.56 Å². The maximum absolute atomic E-state index is 13.2. The van der Waals surface area contributed by atoms with Crippen LogP contribution in [0.3, 0.4) is 0 Å². The zero-order chi connectivity index (χ0) is 14.7. The molecule has 1 unspecified atom stereocenters. The van der Waals surface area contributed by atoms with Crippen LogP contribution in [-0.2, 0) is 0 Å². The van der Waals surface area contributed by atoms with E-state index in [2.05, 4.69) is 18.7 Å². The number of nitrogens with zero attached hydrogens (tertiary/aromatic N) is 2. The Morgan fingerprint density at radius 3 is 2.55 bits per heavy atom. The summed E-state index contributed by atoms with van der Waals surface area (Å²) < 4.78 is 13.2. The molecule has 1 aromatic carbocycles. The Labute approximate surface area is 118 Å². The summed E-state index contributed by atoms with van der Waals surface area (Å²) in [5.74, 6) is -1.59. The Bertz CT molecular complexity index is 485. The number of carbonyl (C=O) groups is 1. The predicted octanol–water partition coefficient (Wildman–Crippen LogP) is 2.44. The summed E-state index contributed by atoms with van der Waals surface area (Å²) in [6, 6.07) is 4.53. The number of carboxylic acid groups (broad SMARTS) is 1. The number of piperazine rings is 1. The van der Waals surface area contributed by atoms with Crippen LogP contribution in [0.2, 0.25) is 0 Å². The lowest BCUT2D eigenvalue weighted by Crippen LogP contribution is -2.49. The minimum Gasteiger partial charge on any atom is -0.478 e. The molecule has 0 radical (unpaired) electrons. The van der Waals surface area contributed by atoms with Crippen molar-refractivity contribution >= 4 is 11.7 Å². The van der Waals surface area contributed by atoms with Gasteiger partial charge in [-0.25, -0.2) is 9.18 Å². The number of anilines is 1. The summed E-state index contributed by atoms with van der Waals surface area (Å²) in [5.41, 5.74) is 0.657. The topological polar surface area (TPSA) is 43.8 Å². The standard InChI is InChI=1S/C15H21FN2O2/c1-3-11(2)17-6-8-18(9-7-17)14-5-4-12(16)10-13(14)15(19)20/h4-5,10-11H,3,6-9H2,1-2H3,(H,19,20). The third-order valence-electron chi connectivity index (χ3n) is 4.06. The van der Waals surface area contributed by atoms with E-state index in [0.717, 1.165) is 38.7 Å². The van der Waals surface area contributed by atoms with Crippen molar-refractivity contribution in [2.24, 2.45) is 0 Å². The molecule has 1 atom stereocenters. The van der Waals surface area contributed by atoms with E-state index in [1.807, 2.05) is 4.90 Å². The zero-order valence-electron chi connectivity index (χ0n) is 12.0. The molecular weight excluding hydrogens is 259 g/mol. The molecule has 0 bridgehead atoms. The maximum atomic E-state index is 13.2. The lowest BCUT2D eigenvalue weighted by Gasteiger charge is -2.39. The molecule has 0 spiro atoms. The molecule has 0 aliphatic carbocycles. The van der Waals surface area contributed by atoms with Gasteiger partial charge < -0.3 is 10.0 Å². The van der Waals surface area contributed by atoms with Gasteiger partial charge in [0.1, 0.15) is 5.82 Å². The molecular formula is C15H21FN2O2. The predicted molar refractivity (Wildman–Crippen MR) is 76.9 cm³/mol. The molecule has 1 aliphatic heterocycles. The van der Waals surface area contributed by atoms with Gasteiger partial charge in [-0.2, -0.15) is 0 Å². The third kappa shape index (κ3) is 3.10. The summed E-state index contributed by atoms with van der Waals surface area (Å²) in [4.78, 5) is 15.7. The van der Waals surface area contributed by atoms with Crippen molar-refractivity contribution < 1.29 is 14.3 Å². The second-order valence-electron chi connectivity index (χ2n) is 5.25. The largest absolute Gasteiger partial charge is 0.478 e. The van der Waals surface area contributed by atoms with Crippen molar-refractivity contribution in [3.05, 3.63) is 29.6 Å². The Hall–Kier alpha value is -1.62. The van der Waals surface area contributed by atoms with Crippen LogP contribution in [0.15, 0.2) is 18.2 Å². The first-order valence-electron chi connectivity index (χ1n) is 7.04. The minimum atomic E-state index is -1.08. The van der Waals surface area contributed by atoms with Crippen molar-refractivity contribution in [3.63, 3.8) is 0 Å². The van der Waals surface area contributed by atoms with E-state index in [4.69, 9.17) is 0 Å². The normalized spacial score (nSPS) is 18.1. The van der Waals surface area contributed by atoms with Crippen molar-refractivity contribution in [3.8, 4) is 0 Å². The molecule has 110 valence electrons. The van der Waals surface area contributed by atoms with Crippen LogP contribution in [0.5, 0.6) is 0 Å². The Kier molecular flexibility index (Phi) is 4.60. The van der Waals surface area contributed by atoms with Gasteiger partial charge in [-0.05, 0) is 31.5 Å². The quantitative estimate of drug-likeness (QED) is 0.920.